The fraction of sp³-hybridized carbons (Fsp3) is 0.444. The van der Waals surface area contributed by atoms with E-state index >= 15 is 0 Å². The Morgan fingerprint density at radius 3 is 2.53 bits per heavy atom. The molecule has 0 spiro atoms. The lowest BCUT2D eigenvalue weighted by Crippen LogP contribution is -2.67. The van der Waals surface area contributed by atoms with Crippen LogP contribution in [0.15, 0.2) is 73.3 Å². The predicted molar refractivity (Wildman–Crippen MR) is 127 cm³/mol. The zero-order valence-electron chi connectivity index (χ0n) is 19.5. The third-order valence-electron chi connectivity index (χ3n) is 5.90. The van der Waals surface area contributed by atoms with Crippen molar-refractivity contribution >= 4 is 5.91 Å². The molecule has 0 aliphatic carbocycles. The van der Waals surface area contributed by atoms with Crippen LogP contribution in [0.1, 0.15) is 37.2 Å². The lowest BCUT2D eigenvalue weighted by Gasteiger charge is -2.49. The highest BCUT2D eigenvalue weighted by atomic mass is 16.7. The Morgan fingerprint density at radius 2 is 1.82 bits per heavy atom. The quantitative estimate of drug-likeness (QED) is 0.422. The first-order chi connectivity index (χ1) is 16.7. The summed E-state index contributed by atoms with van der Waals surface area (Å²) in [6.07, 6.45) is 0.925. The van der Waals surface area contributed by atoms with Gasteiger partial charge in [0.1, 0.15) is 24.4 Å². The van der Waals surface area contributed by atoms with E-state index < -0.39 is 36.9 Å². The lowest BCUT2D eigenvalue weighted by molar-refractivity contribution is -0.349. The van der Waals surface area contributed by atoms with E-state index in [-0.39, 0.29) is 5.91 Å². The topological polar surface area (TPSA) is 75.2 Å². The van der Waals surface area contributed by atoms with Crippen molar-refractivity contribution in [1.82, 2.24) is 5.32 Å². The van der Waals surface area contributed by atoms with Crippen molar-refractivity contribution in [3.05, 3.63) is 84.4 Å². The summed E-state index contributed by atoms with van der Waals surface area (Å²) < 4.78 is 31.1. The van der Waals surface area contributed by atoms with Gasteiger partial charge in [0.05, 0.1) is 19.8 Å². The smallest absolute Gasteiger partial charge is 0.217 e. The van der Waals surface area contributed by atoms with Crippen LogP contribution in [0.25, 0.3) is 0 Å². The first kappa shape index (κ1) is 24.6. The number of carbonyl (C=O) groups is 1. The van der Waals surface area contributed by atoms with Crippen LogP contribution < -0.4 is 5.32 Å². The maximum absolute atomic E-state index is 12.1. The fourth-order valence-electron chi connectivity index (χ4n) is 4.27. The molecule has 2 heterocycles. The zero-order chi connectivity index (χ0) is 23.8. The number of ether oxygens (including phenoxy) is 5. The highest BCUT2D eigenvalue weighted by Gasteiger charge is 2.51. The summed E-state index contributed by atoms with van der Waals surface area (Å²) in [5, 5.41) is 2.99. The van der Waals surface area contributed by atoms with Gasteiger partial charge in [0.2, 0.25) is 5.91 Å². The molecule has 0 aromatic heterocycles. The van der Waals surface area contributed by atoms with Gasteiger partial charge in [0, 0.05) is 12.5 Å². The van der Waals surface area contributed by atoms with E-state index in [9.17, 15) is 4.79 Å². The predicted octanol–water partition coefficient (Wildman–Crippen LogP) is 3.90. The summed E-state index contributed by atoms with van der Waals surface area (Å²) in [6, 6.07) is 19.1. The summed E-state index contributed by atoms with van der Waals surface area (Å²) >= 11 is 0. The molecule has 6 atom stereocenters. The Kier molecular flexibility index (Phi) is 8.85. The molecule has 1 N–H and O–H groups in total. The molecule has 182 valence electrons. The average molecular weight is 468 g/mol. The van der Waals surface area contributed by atoms with Crippen LogP contribution in [0.4, 0.5) is 0 Å². The third-order valence-corrected chi connectivity index (χ3v) is 5.90. The molecule has 2 aliphatic rings. The summed E-state index contributed by atoms with van der Waals surface area (Å²) in [4.78, 5) is 12.1. The monoisotopic (exact) mass is 467 g/mol. The number of amides is 1. The van der Waals surface area contributed by atoms with Crippen LogP contribution >= 0.6 is 0 Å². The Morgan fingerprint density at radius 1 is 1.09 bits per heavy atom. The number of fused-ring (bicyclic) bond motifs is 1. The van der Waals surface area contributed by atoms with Gasteiger partial charge in [-0.1, -0.05) is 66.7 Å². The molecule has 2 fully saturated rings. The first-order valence-electron chi connectivity index (χ1n) is 11.8. The van der Waals surface area contributed by atoms with E-state index in [2.05, 4.69) is 11.9 Å². The molecule has 34 heavy (non-hydrogen) atoms. The number of allylic oxidation sites excluding steroid dienone is 1. The SMILES string of the molecule is C=CCCCO[C@@H]1O[C@@H]2CO[C@@H](c3ccccc3)O[C@H]2[C@H](OCc2ccccc2)[C@H]1NC(C)=O. The standard InChI is InChI=1S/C27H33NO6/c1-3-4-11-16-30-27-23(28-19(2)29)25(31-17-20-12-7-5-8-13-20)24-22(33-27)18-32-26(34-24)21-14-9-6-10-15-21/h3,5-10,12-15,22-27H,1,4,11,16-18H2,2H3,(H,28,29)/t22-,23-,24-,25-,26-,27-/m1/s1. The van der Waals surface area contributed by atoms with Gasteiger partial charge in [0.25, 0.3) is 0 Å². The Hall–Kier alpha value is -2.55. The average Bonchev–Trinajstić information content (AvgIpc) is 2.86. The molecule has 7 heteroatoms. The Bertz CT molecular complexity index is 908. The number of hydrogen-bond donors (Lipinski definition) is 1. The normalized spacial score (nSPS) is 28.6. The summed E-state index contributed by atoms with van der Waals surface area (Å²) in [5.41, 5.74) is 1.95. The second-order valence-electron chi connectivity index (χ2n) is 8.51. The molecule has 2 aromatic rings. The number of nitrogens with one attached hydrogen (secondary N) is 1. The molecular formula is C27H33NO6. The van der Waals surface area contributed by atoms with E-state index in [1.54, 1.807) is 0 Å². The van der Waals surface area contributed by atoms with Crippen molar-refractivity contribution in [2.45, 2.75) is 63.3 Å². The highest BCUT2D eigenvalue weighted by Crippen LogP contribution is 2.36. The minimum atomic E-state index is -0.684. The maximum Gasteiger partial charge on any atom is 0.217 e. The summed E-state index contributed by atoms with van der Waals surface area (Å²) in [6.45, 7) is 6.41. The molecule has 0 saturated carbocycles. The Labute approximate surface area is 201 Å². The van der Waals surface area contributed by atoms with Gasteiger partial charge in [-0.25, -0.2) is 0 Å². The van der Waals surface area contributed by atoms with Crippen molar-refractivity contribution in [2.24, 2.45) is 0 Å². The van der Waals surface area contributed by atoms with Crippen LogP contribution in [-0.4, -0.2) is 49.8 Å². The van der Waals surface area contributed by atoms with Crippen molar-refractivity contribution in [3.63, 3.8) is 0 Å². The molecule has 7 nitrogen and oxygen atoms in total. The van der Waals surface area contributed by atoms with E-state index in [1.165, 1.54) is 6.92 Å². The molecule has 0 bridgehead atoms. The highest BCUT2D eigenvalue weighted by molar-refractivity contribution is 5.73. The van der Waals surface area contributed by atoms with Crippen LogP contribution in [-0.2, 0) is 35.1 Å². The van der Waals surface area contributed by atoms with Crippen molar-refractivity contribution in [2.75, 3.05) is 13.2 Å². The Balaban J connectivity index is 1.56. The van der Waals surface area contributed by atoms with Gasteiger partial charge in [-0.05, 0) is 18.4 Å². The summed E-state index contributed by atoms with van der Waals surface area (Å²) in [5.74, 6) is -0.188. The molecule has 2 aromatic carbocycles. The van der Waals surface area contributed by atoms with E-state index in [4.69, 9.17) is 23.7 Å². The van der Waals surface area contributed by atoms with Crippen molar-refractivity contribution in [1.29, 1.82) is 0 Å². The van der Waals surface area contributed by atoms with Gasteiger partial charge >= 0.3 is 0 Å². The van der Waals surface area contributed by atoms with Crippen molar-refractivity contribution < 1.29 is 28.5 Å². The minimum Gasteiger partial charge on any atom is -0.368 e. The van der Waals surface area contributed by atoms with Crippen LogP contribution in [0.3, 0.4) is 0 Å². The number of carbonyl (C=O) groups excluding carboxylic acids is 1. The van der Waals surface area contributed by atoms with Gasteiger partial charge in [-0.3, -0.25) is 4.79 Å². The van der Waals surface area contributed by atoms with Crippen LogP contribution in [0.5, 0.6) is 0 Å². The molecule has 1 amide bonds. The van der Waals surface area contributed by atoms with E-state index in [0.29, 0.717) is 19.8 Å². The van der Waals surface area contributed by atoms with Crippen molar-refractivity contribution in [3.8, 4) is 0 Å². The van der Waals surface area contributed by atoms with Gasteiger partial charge in [-0.15, -0.1) is 6.58 Å². The van der Waals surface area contributed by atoms with Gasteiger partial charge in [-0.2, -0.15) is 0 Å². The lowest BCUT2D eigenvalue weighted by atomic mass is 9.95. The molecule has 2 saturated heterocycles. The largest absolute Gasteiger partial charge is 0.368 e. The van der Waals surface area contributed by atoms with Crippen LogP contribution in [0, 0.1) is 0 Å². The number of unbranched alkanes of at least 4 members (excludes halogenated alkanes) is 1. The third kappa shape index (κ3) is 6.31. The van der Waals surface area contributed by atoms with E-state index in [0.717, 1.165) is 24.0 Å². The number of benzene rings is 2. The molecule has 2 aliphatic heterocycles. The second-order valence-corrected chi connectivity index (χ2v) is 8.51. The first-order valence-corrected chi connectivity index (χ1v) is 11.8. The second kappa shape index (κ2) is 12.2. The zero-order valence-corrected chi connectivity index (χ0v) is 19.5. The molecule has 0 radical (unpaired) electrons. The summed E-state index contributed by atoms with van der Waals surface area (Å²) in [7, 11) is 0. The minimum absolute atomic E-state index is 0.188. The van der Waals surface area contributed by atoms with Gasteiger partial charge in [0.15, 0.2) is 12.6 Å². The molecule has 0 unspecified atom stereocenters. The van der Waals surface area contributed by atoms with E-state index in [1.807, 2.05) is 66.7 Å². The molecule has 4 rings (SSSR count). The van der Waals surface area contributed by atoms with Crippen LogP contribution in [0.2, 0.25) is 0 Å². The number of rotatable bonds is 10. The fourth-order valence-corrected chi connectivity index (χ4v) is 4.27. The maximum atomic E-state index is 12.1. The molecular weight excluding hydrogens is 434 g/mol. The van der Waals surface area contributed by atoms with Gasteiger partial charge < -0.3 is 29.0 Å². The number of hydrogen-bond acceptors (Lipinski definition) is 6.